The summed E-state index contributed by atoms with van der Waals surface area (Å²) in [4.78, 5) is 16.0. The fourth-order valence-corrected chi connectivity index (χ4v) is 7.77. The molecule has 1 heterocycles. The number of aromatic nitrogens is 1. The van der Waals surface area contributed by atoms with Crippen LogP contribution in [0.3, 0.4) is 0 Å². The van der Waals surface area contributed by atoms with E-state index in [0.29, 0.717) is 25.0 Å². The molecule has 192 valence electrons. The van der Waals surface area contributed by atoms with Gasteiger partial charge in [0.05, 0.1) is 11.3 Å². The number of carbonyl (C=O) groups excluding carboxylic acids is 1. The largest absolute Gasteiger partial charge is 0.355 e. The highest BCUT2D eigenvalue weighted by Crippen LogP contribution is 2.49. The zero-order chi connectivity index (χ0) is 25.9. The number of para-hydroxylation sites is 1. The number of sulfonamides is 1. The van der Waals surface area contributed by atoms with E-state index in [1.165, 1.54) is 16.6 Å². The summed E-state index contributed by atoms with van der Waals surface area (Å²) >= 11 is 0. The number of hydrogen-bond acceptors (Lipinski definition) is 5. The van der Waals surface area contributed by atoms with E-state index in [4.69, 9.17) is 4.74 Å². The van der Waals surface area contributed by atoms with Crippen LogP contribution in [0.25, 0.3) is 0 Å². The van der Waals surface area contributed by atoms with Crippen LogP contribution in [0.1, 0.15) is 50.4 Å². The van der Waals surface area contributed by atoms with E-state index in [1.807, 2.05) is 18.2 Å². The lowest BCUT2D eigenvalue weighted by atomic mass is 9.71. The molecule has 0 amide bonds. The van der Waals surface area contributed by atoms with Gasteiger partial charge in [0.2, 0.25) is 0 Å². The predicted octanol–water partition coefficient (Wildman–Crippen LogP) is 6.23. The molecule has 1 fully saturated rings. The van der Waals surface area contributed by atoms with Gasteiger partial charge in [-0.1, -0.05) is 65.0 Å². The summed E-state index contributed by atoms with van der Waals surface area (Å²) in [5, 5.41) is -0.229. The summed E-state index contributed by atoms with van der Waals surface area (Å²) in [6, 6.07) is 13.2. The van der Waals surface area contributed by atoms with Crippen molar-refractivity contribution in [2.45, 2.75) is 76.5 Å². The normalized spacial score (nSPS) is 23.3. The van der Waals surface area contributed by atoms with Gasteiger partial charge < -0.3 is 4.74 Å². The van der Waals surface area contributed by atoms with Crippen molar-refractivity contribution in [1.29, 1.82) is 0 Å². The van der Waals surface area contributed by atoms with Crippen LogP contribution in [-0.4, -0.2) is 40.1 Å². The second-order valence-corrected chi connectivity index (χ2v) is 18.7. The topological polar surface area (TPSA) is 76.6 Å². The zero-order valence-electron chi connectivity index (χ0n) is 21.9. The van der Waals surface area contributed by atoms with Crippen LogP contribution in [-0.2, 0) is 14.8 Å². The highest BCUT2D eigenvalue weighted by Gasteiger charge is 2.54. The Morgan fingerprint density at radius 3 is 2.43 bits per heavy atom. The molecular formula is C27H40N2O4SSi. The molecule has 1 aliphatic rings. The van der Waals surface area contributed by atoms with Crippen LogP contribution < -0.4 is 4.31 Å². The van der Waals surface area contributed by atoms with Gasteiger partial charge in [0.1, 0.15) is 0 Å². The number of aldehydes is 1. The fourth-order valence-electron chi connectivity index (χ4n) is 5.21. The number of ether oxygens (including phenoxy) is 1. The molecule has 2 aromatic rings. The third-order valence-electron chi connectivity index (χ3n) is 6.95. The second kappa shape index (κ2) is 10.9. The lowest BCUT2D eigenvalue weighted by Crippen LogP contribution is -2.62. The van der Waals surface area contributed by atoms with Crippen LogP contribution in [0.2, 0.25) is 25.7 Å². The van der Waals surface area contributed by atoms with Gasteiger partial charge in [0.25, 0.3) is 10.0 Å². The van der Waals surface area contributed by atoms with Crippen LogP contribution >= 0.6 is 0 Å². The minimum Gasteiger partial charge on any atom is -0.355 e. The number of nitrogens with zero attached hydrogens (tertiary/aromatic N) is 2. The van der Waals surface area contributed by atoms with Gasteiger partial charge in [0.15, 0.2) is 17.0 Å². The SMILES string of the molecule is CC1CCC(C(C)C)C(OCC[Si](C)(C)C)(N(c2ccccc2)S(=O)(=O)c2ncccc2C=O)C1. The summed E-state index contributed by atoms with van der Waals surface area (Å²) in [6.45, 7) is 13.8. The standard InChI is InChI=1S/C27H40N2O4SSi/c1-21(2)25-15-14-22(3)19-27(25,33-17-18-35(4,5)6)29(24-12-8-7-9-13-24)34(31,32)26-23(20-30)11-10-16-28-26/h7-13,16,20-22,25H,14-15,17-19H2,1-6H3. The maximum Gasteiger partial charge on any atom is 0.284 e. The van der Waals surface area contributed by atoms with Crippen molar-refractivity contribution in [3.63, 3.8) is 0 Å². The molecule has 0 aliphatic heterocycles. The molecule has 1 aromatic heterocycles. The summed E-state index contributed by atoms with van der Waals surface area (Å²) in [5.74, 6) is 0.469. The van der Waals surface area contributed by atoms with Crippen molar-refractivity contribution < 1.29 is 17.9 Å². The molecule has 1 aromatic carbocycles. The molecule has 3 unspecified atom stereocenters. The summed E-state index contributed by atoms with van der Waals surface area (Å²) in [7, 11) is -5.66. The highest BCUT2D eigenvalue weighted by molar-refractivity contribution is 7.92. The molecule has 6 nitrogen and oxygen atoms in total. The van der Waals surface area contributed by atoms with Gasteiger partial charge in [-0.3, -0.25) is 4.79 Å². The Morgan fingerprint density at radius 2 is 1.83 bits per heavy atom. The Labute approximate surface area is 212 Å². The molecule has 0 bridgehead atoms. The summed E-state index contributed by atoms with van der Waals surface area (Å²) < 4.78 is 37.3. The molecule has 8 heteroatoms. The first-order chi connectivity index (χ1) is 16.4. The smallest absolute Gasteiger partial charge is 0.284 e. The van der Waals surface area contributed by atoms with E-state index in [-0.39, 0.29) is 28.3 Å². The third-order valence-corrected chi connectivity index (χ3v) is 10.5. The van der Waals surface area contributed by atoms with E-state index >= 15 is 0 Å². The number of benzene rings is 1. The summed E-state index contributed by atoms with van der Waals surface area (Å²) in [6.07, 6.45) is 4.45. The van der Waals surface area contributed by atoms with Gasteiger partial charge >= 0.3 is 0 Å². The first-order valence-electron chi connectivity index (χ1n) is 12.6. The van der Waals surface area contributed by atoms with Crippen molar-refractivity contribution in [2.24, 2.45) is 17.8 Å². The number of hydrogen-bond donors (Lipinski definition) is 0. The van der Waals surface area contributed by atoms with Gasteiger partial charge in [-0.2, -0.15) is 8.42 Å². The maximum absolute atomic E-state index is 14.5. The lowest BCUT2D eigenvalue weighted by molar-refractivity contribution is -0.119. The molecule has 1 saturated carbocycles. The van der Waals surface area contributed by atoms with E-state index < -0.39 is 23.8 Å². The van der Waals surface area contributed by atoms with Crippen LogP contribution in [0.4, 0.5) is 5.69 Å². The fraction of sp³-hybridized carbons (Fsp3) is 0.556. The number of carbonyl (C=O) groups is 1. The van der Waals surface area contributed by atoms with Crippen LogP contribution in [0, 0.1) is 17.8 Å². The molecule has 1 aliphatic carbocycles. The Hall–Kier alpha value is -2.03. The first kappa shape index (κ1) is 27.6. The highest BCUT2D eigenvalue weighted by atomic mass is 32.2. The first-order valence-corrected chi connectivity index (χ1v) is 17.7. The predicted molar refractivity (Wildman–Crippen MR) is 144 cm³/mol. The van der Waals surface area contributed by atoms with Gasteiger partial charge in [0, 0.05) is 26.8 Å². The van der Waals surface area contributed by atoms with Crippen molar-refractivity contribution >= 4 is 30.1 Å². The van der Waals surface area contributed by atoms with Gasteiger partial charge in [-0.25, -0.2) is 9.29 Å². The molecule has 0 saturated heterocycles. The van der Waals surface area contributed by atoms with Gasteiger partial charge in [-0.05, 0) is 55.0 Å². The second-order valence-electron chi connectivity index (χ2n) is 11.4. The Balaban J connectivity index is 2.29. The van der Waals surface area contributed by atoms with E-state index in [1.54, 1.807) is 18.2 Å². The molecule has 0 spiro atoms. The molecule has 3 rings (SSSR count). The lowest BCUT2D eigenvalue weighted by Gasteiger charge is -2.53. The third kappa shape index (κ3) is 6.04. The average Bonchev–Trinajstić information content (AvgIpc) is 2.78. The molecule has 35 heavy (non-hydrogen) atoms. The number of anilines is 1. The van der Waals surface area contributed by atoms with Crippen molar-refractivity contribution in [1.82, 2.24) is 4.98 Å². The van der Waals surface area contributed by atoms with E-state index in [9.17, 15) is 13.2 Å². The van der Waals surface area contributed by atoms with Crippen LogP contribution in [0.15, 0.2) is 53.7 Å². The average molecular weight is 517 g/mol. The van der Waals surface area contributed by atoms with Crippen molar-refractivity contribution in [3.8, 4) is 0 Å². The van der Waals surface area contributed by atoms with E-state index in [2.05, 4.69) is 45.4 Å². The Bertz CT molecular complexity index is 1100. The molecule has 0 N–H and O–H groups in total. The number of pyridine rings is 1. The molecule has 0 radical (unpaired) electrons. The Kier molecular flexibility index (Phi) is 8.60. The minimum absolute atomic E-state index is 0.0151. The summed E-state index contributed by atoms with van der Waals surface area (Å²) in [5.41, 5.74) is -0.498. The minimum atomic E-state index is -4.23. The van der Waals surface area contributed by atoms with E-state index in [0.717, 1.165) is 18.9 Å². The van der Waals surface area contributed by atoms with Gasteiger partial charge in [-0.15, -0.1) is 0 Å². The Morgan fingerprint density at radius 1 is 1.14 bits per heavy atom. The number of rotatable bonds is 10. The maximum atomic E-state index is 14.5. The van der Waals surface area contributed by atoms with Crippen molar-refractivity contribution in [3.05, 3.63) is 54.2 Å². The van der Waals surface area contributed by atoms with Crippen molar-refractivity contribution in [2.75, 3.05) is 10.9 Å². The quantitative estimate of drug-likeness (QED) is 0.212. The monoisotopic (exact) mass is 516 g/mol. The molecular weight excluding hydrogens is 476 g/mol. The zero-order valence-corrected chi connectivity index (χ0v) is 23.7. The molecule has 3 atom stereocenters. The van der Waals surface area contributed by atoms with Crippen LogP contribution in [0.5, 0.6) is 0 Å².